The number of rotatable bonds is 4. The molecule has 0 bridgehead atoms. The Labute approximate surface area is 100.0 Å². The van der Waals surface area contributed by atoms with Crippen molar-refractivity contribution in [2.75, 3.05) is 6.61 Å². The molecule has 0 aromatic heterocycles. The zero-order chi connectivity index (χ0) is 11.3. The maximum atomic E-state index is 9.60. The van der Waals surface area contributed by atoms with E-state index in [9.17, 15) is 5.11 Å². The van der Waals surface area contributed by atoms with Gasteiger partial charge in [-0.2, -0.15) is 0 Å². The molecule has 0 aliphatic carbocycles. The largest absolute Gasteiger partial charge is 0.507 e. The lowest BCUT2D eigenvalue weighted by Crippen LogP contribution is -1.91. The molecule has 0 spiro atoms. The summed E-state index contributed by atoms with van der Waals surface area (Å²) >= 11 is 8.65. The number of benzene rings is 1. The molecule has 0 radical (unpaired) electrons. The van der Waals surface area contributed by atoms with Gasteiger partial charge in [-0.1, -0.05) is 12.2 Å². The van der Waals surface area contributed by atoms with Crippen LogP contribution in [0.5, 0.6) is 5.75 Å². The van der Waals surface area contributed by atoms with Gasteiger partial charge in [-0.3, -0.25) is 0 Å². The second-order valence-corrected chi connectivity index (χ2v) is 4.05. The van der Waals surface area contributed by atoms with Gasteiger partial charge in [-0.25, -0.2) is 0 Å². The molecule has 1 aromatic rings. The third-order valence-electron chi connectivity index (χ3n) is 1.72. The molecule has 4 heteroatoms. The molecule has 1 N–H and O–H groups in total. The normalized spacial score (nSPS) is 11.2. The molecule has 0 saturated carbocycles. The van der Waals surface area contributed by atoms with Crippen molar-refractivity contribution in [3.8, 4) is 5.75 Å². The van der Waals surface area contributed by atoms with Crippen molar-refractivity contribution < 1.29 is 9.84 Å². The summed E-state index contributed by atoms with van der Waals surface area (Å²) < 4.78 is 5.63. The fraction of sp³-hybridized carbons (Fsp3) is 0.182. The number of thiol groups is 1. The second kappa shape index (κ2) is 5.78. The van der Waals surface area contributed by atoms with Gasteiger partial charge in [0.05, 0.1) is 10.8 Å². The summed E-state index contributed by atoms with van der Waals surface area (Å²) in [6.45, 7) is 2.55. The van der Waals surface area contributed by atoms with Crippen LogP contribution < -0.4 is 4.74 Å². The summed E-state index contributed by atoms with van der Waals surface area (Å²) in [6, 6.07) is 7.13. The summed E-state index contributed by atoms with van der Waals surface area (Å²) in [6.07, 6.45) is 1.42. The van der Waals surface area contributed by atoms with E-state index >= 15 is 0 Å². The second-order valence-electron chi connectivity index (χ2n) is 2.83. The number of ether oxygens (including phenoxy) is 1. The molecular weight excluding hydrogens is 228 g/mol. The summed E-state index contributed by atoms with van der Waals surface area (Å²) in [5, 5.41) is 9.60. The van der Waals surface area contributed by atoms with Crippen molar-refractivity contribution in [3.05, 3.63) is 35.9 Å². The molecule has 0 heterocycles. The smallest absolute Gasteiger partial charge is 0.124 e. The first-order valence-electron chi connectivity index (χ1n) is 4.50. The van der Waals surface area contributed by atoms with Crippen LogP contribution in [0, 0.1) is 0 Å². The van der Waals surface area contributed by atoms with Crippen LogP contribution in [0.25, 0.3) is 5.76 Å². The van der Waals surface area contributed by atoms with Crippen molar-refractivity contribution in [2.45, 2.75) is 6.92 Å². The molecular formula is C11H12O2S2. The standard InChI is InChI=1S/C11H12O2S2/c1-2-13-9-5-3-8(4-6-9)10(12)7-11(14)15/h3-7,12H,2H2,1H3,(H,14,15). The van der Waals surface area contributed by atoms with E-state index in [1.165, 1.54) is 6.08 Å². The lowest BCUT2D eigenvalue weighted by molar-refractivity contribution is 0.340. The van der Waals surface area contributed by atoms with E-state index in [0.29, 0.717) is 16.4 Å². The quantitative estimate of drug-likeness (QED) is 0.366. The SMILES string of the molecule is CCOc1ccc(C(O)=CC(=S)S)cc1. The molecule has 1 rings (SSSR count). The molecule has 0 fully saturated rings. The predicted molar refractivity (Wildman–Crippen MR) is 69.8 cm³/mol. The van der Waals surface area contributed by atoms with Crippen LogP contribution in [0.3, 0.4) is 0 Å². The molecule has 2 nitrogen and oxygen atoms in total. The van der Waals surface area contributed by atoms with Crippen LogP contribution in [0.15, 0.2) is 30.3 Å². The maximum Gasteiger partial charge on any atom is 0.124 e. The van der Waals surface area contributed by atoms with Gasteiger partial charge in [-0.15, -0.1) is 12.6 Å². The summed E-state index contributed by atoms with van der Waals surface area (Å²) in [5.41, 5.74) is 0.690. The summed E-state index contributed by atoms with van der Waals surface area (Å²) in [7, 11) is 0. The van der Waals surface area contributed by atoms with Crippen molar-refractivity contribution >= 4 is 34.8 Å². The topological polar surface area (TPSA) is 29.5 Å². The number of thiocarbonyl (C=S) groups is 1. The van der Waals surface area contributed by atoms with E-state index in [2.05, 4.69) is 12.6 Å². The van der Waals surface area contributed by atoms with Gasteiger partial charge in [0, 0.05) is 11.6 Å². The van der Waals surface area contributed by atoms with E-state index in [1.54, 1.807) is 24.3 Å². The summed E-state index contributed by atoms with van der Waals surface area (Å²) in [4.78, 5) is 0. The fourth-order valence-electron chi connectivity index (χ4n) is 1.09. The highest BCUT2D eigenvalue weighted by atomic mass is 32.1. The van der Waals surface area contributed by atoms with Crippen LogP contribution in [0.2, 0.25) is 0 Å². The van der Waals surface area contributed by atoms with Gasteiger partial charge in [0.25, 0.3) is 0 Å². The van der Waals surface area contributed by atoms with E-state index in [-0.39, 0.29) is 5.76 Å². The van der Waals surface area contributed by atoms with Gasteiger partial charge < -0.3 is 9.84 Å². The highest BCUT2D eigenvalue weighted by Crippen LogP contribution is 2.17. The molecule has 1 aromatic carbocycles. The van der Waals surface area contributed by atoms with Crippen LogP contribution in [-0.4, -0.2) is 15.9 Å². The lowest BCUT2D eigenvalue weighted by atomic mass is 10.2. The van der Waals surface area contributed by atoms with Gasteiger partial charge in [0.15, 0.2) is 0 Å². The molecule has 0 atom stereocenters. The van der Waals surface area contributed by atoms with Gasteiger partial charge in [0.1, 0.15) is 11.5 Å². The Hall–Kier alpha value is -1.00. The van der Waals surface area contributed by atoms with Crippen molar-refractivity contribution in [1.82, 2.24) is 0 Å². The van der Waals surface area contributed by atoms with E-state index in [0.717, 1.165) is 5.75 Å². The summed E-state index contributed by atoms with van der Waals surface area (Å²) in [5.74, 6) is 0.889. The minimum atomic E-state index is 0.109. The average molecular weight is 240 g/mol. The number of aliphatic hydroxyl groups is 1. The molecule has 0 amide bonds. The Balaban J connectivity index is 2.84. The molecule has 80 valence electrons. The number of aliphatic hydroxyl groups excluding tert-OH is 1. The minimum Gasteiger partial charge on any atom is -0.507 e. The van der Waals surface area contributed by atoms with E-state index in [4.69, 9.17) is 17.0 Å². The Morgan fingerprint density at radius 3 is 2.53 bits per heavy atom. The maximum absolute atomic E-state index is 9.60. The molecule has 15 heavy (non-hydrogen) atoms. The van der Waals surface area contributed by atoms with Crippen LogP contribution >= 0.6 is 24.8 Å². The third kappa shape index (κ3) is 3.93. The minimum absolute atomic E-state index is 0.109. The van der Waals surface area contributed by atoms with Gasteiger partial charge >= 0.3 is 0 Å². The fourth-order valence-corrected chi connectivity index (χ4v) is 1.32. The zero-order valence-corrected chi connectivity index (χ0v) is 10.0. The predicted octanol–water partition coefficient (Wildman–Crippen LogP) is 3.24. The Kier molecular flexibility index (Phi) is 4.65. The monoisotopic (exact) mass is 240 g/mol. The highest BCUT2D eigenvalue weighted by Gasteiger charge is 1.99. The Bertz CT molecular complexity index is 369. The van der Waals surface area contributed by atoms with Gasteiger partial charge in [-0.05, 0) is 31.2 Å². The molecule has 0 aliphatic rings. The lowest BCUT2D eigenvalue weighted by Gasteiger charge is -2.04. The van der Waals surface area contributed by atoms with Crippen LogP contribution in [-0.2, 0) is 0 Å². The molecule has 0 aliphatic heterocycles. The first-order valence-corrected chi connectivity index (χ1v) is 5.36. The first kappa shape index (κ1) is 12.1. The average Bonchev–Trinajstić information content (AvgIpc) is 2.18. The Morgan fingerprint density at radius 1 is 1.47 bits per heavy atom. The van der Waals surface area contributed by atoms with E-state index < -0.39 is 0 Å². The van der Waals surface area contributed by atoms with Crippen LogP contribution in [0.1, 0.15) is 12.5 Å². The Morgan fingerprint density at radius 2 is 2.07 bits per heavy atom. The first-order chi connectivity index (χ1) is 7.13. The molecule has 0 unspecified atom stereocenters. The van der Waals surface area contributed by atoms with Gasteiger partial charge in [0.2, 0.25) is 0 Å². The van der Waals surface area contributed by atoms with E-state index in [1.807, 2.05) is 6.92 Å². The number of hydrogen-bond donors (Lipinski definition) is 2. The highest BCUT2D eigenvalue weighted by molar-refractivity contribution is 8.11. The third-order valence-corrected chi connectivity index (χ3v) is 1.97. The molecule has 0 saturated heterocycles. The zero-order valence-electron chi connectivity index (χ0n) is 8.30. The number of hydrogen-bond acceptors (Lipinski definition) is 3. The van der Waals surface area contributed by atoms with Crippen molar-refractivity contribution in [3.63, 3.8) is 0 Å². The van der Waals surface area contributed by atoms with Crippen molar-refractivity contribution in [1.29, 1.82) is 0 Å². The van der Waals surface area contributed by atoms with Crippen molar-refractivity contribution in [2.24, 2.45) is 0 Å². The van der Waals surface area contributed by atoms with Crippen LogP contribution in [0.4, 0.5) is 0 Å².